The zero-order chi connectivity index (χ0) is 19.1. The van der Waals surface area contributed by atoms with Gasteiger partial charge in [-0.15, -0.1) is 0 Å². The zero-order valence-corrected chi connectivity index (χ0v) is 14.2. The van der Waals surface area contributed by atoms with Gasteiger partial charge >= 0.3 is 5.97 Å². The molecule has 0 aliphatic heterocycles. The first-order valence-electron chi connectivity index (χ1n) is 8.17. The van der Waals surface area contributed by atoms with Crippen LogP contribution in [0.1, 0.15) is 21.5 Å². The summed E-state index contributed by atoms with van der Waals surface area (Å²) in [4.78, 5) is 14.6. The van der Waals surface area contributed by atoms with Crippen LogP contribution in [0.5, 0.6) is 11.5 Å². The molecule has 138 valence electrons. The number of ether oxygens (including phenoxy) is 2. The minimum atomic E-state index is -1.31. The van der Waals surface area contributed by atoms with Gasteiger partial charge in [0.25, 0.3) is 0 Å². The highest BCUT2D eigenvalue weighted by atomic mass is 19.3. The molecule has 3 aromatic rings. The van der Waals surface area contributed by atoms with Crippen molar-refractivity contribution in [3.63, 3.8) is 0 Å². The predicted molar refractivity (Wildman–Crippen MR) is 94.5 cm³/mol. The zero-order valence-electron chi connectivity index (χ0n) is 14.2. The second kappa shape index (κ2) is 8.80. The highest BCUT2D eigenvalue weighted by molar-refractivity contribution is 5.89. The maximum atomic E-state index is 14.5. The summed E-state index contributed by atoms with van der Waals surface area (Å²) in [5, 5.41) is 0. The number of hydrogen-bond donors (Lipinski definition) is 0. The molecule has 0 radical (unpaired) electrons. The quantitative estimate of drug-likeness (QED) is 0.585. The Morgan fingerprint density at radius 1 is 0.815 bits per heavy atom. The highest BCUT2D eigenvalue weighted by Gasteiger charge is 2.19. The summed E-state index contributed by atoms with van der Waals surface area (Å²) < 4.78 is 37.9. The molecule has 0 N–H and O–H groups in total. The molecule has 0 aliphatic rings. The minimum Gasteiger partial charge on any atom is -0.485 e. The lowest BCUT2D eigenvalue weighted by Gasteiger charge is -2.15. The van der Waals surface area contributed by atoms with E-state index in [-0.39, 0.29) is 30.3 Å². The lowest BCUT2D eigenvalue weighted by atomic mass is 10.2. The molecule has 3 rings (SSSR count). The van der Waals surface area contributed by atoms with Crippen molar-refractivity contribution in [2.24, 2.45) is 0 Å². The standard InChI is InChI=1S/C21H16F2O4/c22-18-11-17(21(24)27-23)12-19(25-13-15-7-3-1-4-8-15)20(18)26-14-16-9-5-2-6-10-16/h1-12H,13-14H2. The molecule has 0 heterocycles. The molecule has 0 unspecified atom stereocenters. The first-order valence-corrected chi connectivity index (χ1v) is 8.17. The lowest BCUT2D eigenvalue weighted by Crippen LogP contribution is -2.06. The van der Waals surface area contributed by atoms with Gasteiger partial charge < -0.3 is 9.47 Å². The summed E-state index contributed by atoms with van der Waals surface area (Å²) in [6.07, 6.45) is 0. The van der Waals surface area contributed by atoms with Crippen molar-refractivity contribution in [3.8, 4) is 11.5 Å². The maximum absolute atomic E-state index is 14.5. The van der Waals surface area contributed by atoms with Crippen LogP contribution in [0.15, 0.2) is 72.8 Å². The van der Waals surface area contributed by atoms with E-state index in [4.69, 9.17) is 9.47 Å². The molecule has 3 aromatic carbocycles. The number of carbonyl (C=O) groups is 1. The SMILES string of the molecule is O=C(OF)c1cc(F)c(OCc2ccccc2)c(OCc2ccccc2)c1. The molecule has 0 spiro atoms. The summed E-state index contributed by atoms with van der Waals surface area (Å²) in [6.45, 7) is 0.225. The predicted octanol–water partition coefficient (Wildman–Crippen LogP) is 5.03. The fourth-order valence-corrected chi connectivity index (χ4v) is 2.44. The van der Waals surface area contributed by atoms with Crippen LogP contribution in [-0.2, 0) is 18.2 Å². The topological polar surface area (TPSA) is 44.8 Å². The van der Waals surface area contributed by atoms with E-state index >= 15 is 0 Å². The van der Waals surface area contributed by atoms with Gasteiger partial charge in [0.1, 0.15) is 13.2 Å². The number of benzene rings is 3. The Hall–Kier alpha value is -3.41. The van der Waals surface area contributed by atoms with Gasteiger partial charge in [-0.25, -0.2) is 14.1 Å². The normalized spacial score (nSPS) is 10.3. The third-order valence-corrected chi connectivity index (χ3v) is 3.78. The Labute approximate surface area is 154 Å². The molecule has 0 aromatic heterocycles. The van der Waals surface area contributed by atoms with Crippen molar-refractivity contribution >= 4 is 5.97 Å². The number of halogens is 2. The Balaban J connectivity index is 1.86. The van der Waals surface area contributed by atoms with E-state index in [2.05, 4.69) is 4.94 Å². The lowest BCUT2D eigenvalue weighted by molar-refractivity contribution is -0.0788. The van der Waals surface area contributed by atoms with Crippen LogP contribution < -0.4 is 9.47 Å². The smallest absolute Gasteiger partial charge is 0.379 e. The van der Waals surface area contributed by atoms with Gasteiger partial charge in [-0.05, 0) is 23.3 Å². The number of hydrogen-bond acceptors (Lipinski definition) is 4. The van der Waals surface area contributed by atoms with Crippen molar-refractivity contribution in [1.29, 1.82) is 0 Å². The molecule has 0 amide bonds. The number of carbonyl (C=O) groups excluding carboxylic acids is 1. The molecule has 0 bridgehead atoms. The Bertz CT molecular complexity index is 899. The van der Waals surface area contributed by atoms with E-state index in [1.807, 2.05) is 60.7 Å². The minimum absolute atomic E-state index is 0.0183. The van der Waals surface area contributed by atoms with Gasteiger partial charge in [0.2, 0.25) is 0 Å². The van der Waals surface area contributed by atoms with Crippen molar-refractivity contribution in [3.05, 3.63) is 95.3 Å². The van der Waals surface area contributed by atoms with E-state index < -0.39 is 11.8 Å². The van der Waals surface area contributed by atoms with Crippen LogP contribution in [0.25, 0.3) is 0 Å². The molecule has 0 saturated carbocycles. The van der Waals surface area contributed by atoms with Gasteiger partial charge in [0.15, 0.2) is 17.3 Å². The Morgan fingerprint density at radius 3 is 1.93 bits per heavy atom. The summed E-state index contributed by atoms with van der Waals surface area (Å²) in [5.41, 5.74) is 1.36. The number of rotatable bonds is 7. The van der Waals surface area contributed by atoms with Gasteiger partial charge in [-0.1, -0.05) is 60.7 Å². The second-order valence-electron chi connectivity index (χ2n) is 5.70. The van der Waals surface area contributed by atoms with E-state index in [1.165, 1.54) is 6.07 Å². The first kappa shape index (κ1) is 18.4. The fraction of sp³-hybridized carbons (Fsp3) is 0.0952. The van der Waals surface area contributed by atoms with Gasteiger partial charge in [0, 0.05) is 4.53 Å². The van der Waals surface area contributed by atoms with Crippen molar-refractivity contribution in [1.82, 2.24) is 0 Å². The molecular weight excluding hydrogens is 354 g/mol. The van der Waals surface area contributed by atoms with E-state index in [0.29, 0.717) is 0 Å². The molecule has 0 saturated heterocycles. The second-order valence-corrected chi connectivity index (χ2v) is 5.70. The average Bonchev–Trinajstić information content (AvgIpc) is 2.72. The third kappa shape index (κ3) is 4.82. The average molecular weight is 370 g/mol. The molecule has 0 atom stereocenters. The highest BCUT2D eigenvalue weighted by Crippen LogP contribution is 2.33. The van der Waals surface area contributed by atoms with Gasteiger partial charge in [0.05, 0.1) is 5.56 Å². The molecule has 4 nitrogen and oxygen atoms in total. The van der Waals surface area contributed by atoms with Crippen LogP contribution in [0.3, 0.4) is 0 Å². The monoisotopic (exact) mass is 370 g/mol. The molecular formula is C21H16F2O4. The van der Waals surface area contributed by atoms with Crippen LogP contribution in [-0.4, -0.2) is 5.97 Å². The van der Waals surface area contributed by atoms with Crippen LogP contribution in [0.2, 0.25) is 0 Å². The van der Waals surface area contributed by atoms with Gasteiger partial charge in [-0.2, -0.15) is 0 Å². The van der Waals surface area contributed by atoms with Gasteiger partial charge in [-0.3, -0.25) is 0 Å². The first-order chi connectivity index (χ1) is 13.2. The summed E-state index contributed by atoms with van der Waals surface area (Å²) in [7, 11) is 0. The maximum Gasteiger partial charge on any atom is 0.379 e. The molecule has 27 heavy (non-hydrogen) atoms. The van der Waals surface area contributed by atoms with Crippen LogP contribution in [0.4, 0.5) is 8.92 Å². The van der Waals surface area contributed by atoms with Crippen molar-refractivity contribution in [2.75, 3.05) is 0 Å². The van der Waals surface area contributed by atoms with Crippen LogP contribution in [0, 0.1) is 5.82 Å². The Morgan fingerprint density at radius 2 is 1.37 bits per heavy atom. The summed E-state index contributed by atoms with van der Waals surface area (Å²) >= 11 is 0. The van der Waals surface area contributed by atoms with Crippen LogP contribution >= 0.6 is 0 Å². The summed E-state index contributed by atoms with van der Waals surface area (Å²) in [5.74, 6) is -2.34. The van der Waals surface area contributed by atoms with E-state index in [9.17, 15) is 13.7 Å². The molecule has 0 aliphatic carbocycles. The molecule has 6 heteroatoms. The third-order valence-electron chi connectivity index (χ3n) is 3.78. The molecule has 0 fully saturated rings. The Kier molecular flexibility index (Phi) is 5.99. The summed E-state index contributed by atoms with van der Waals surface area (Å²) in [6, 6.07) is 20.4. The van der Waals surface area contributed by atoms with Crippen molar-refractivity contribution in [2.45, 2.75) is 13.2 Å². The fourth-order valence-electron chi connectivity index (χ4n) is 2.44. The largest absolute Gasteiger partial charge is 0.485 e. The van der Waals surface area contributed by atoms with E-state index in [0.717, 1.165) is 17.2 Å². The van der Waals surface area contributed by atoms with Crippen molar-refractivity contribution < 1.29 is 28.1 Å². The van der Waals surface area contributed by atoms with E-state index in [1.54, 1.807) is 0 Å².